The Morgan fingerprint density at radius 1 is 1.31 bits per heavy atom. The molecule has 1 saturated carbocycles. The molecule has 90 valence electrons. The molecule has 1 saturated heterocycles. The summed E-state index contributed by atoms with van der Waals surface area (Å²) in [6.07, 6.45) is 2.90. The van der Waals surface area contributed by atoms with Crippen LogP contribution in [0.15, 0.2) is 0 Å². The molecule has 1 aliphatic heterocycles. The van der Waals surface area contributed by atoms with E-state index in [4.69, 9.17) is 4.74 Å². The van der Waals surface area contributed by atoms with Gasteiger partial charge in [-0.25, -0.2) is 4.79 Å². The van der Waals surface area contributed by atoms with Gasteiger partial charge in [-0.05, 0) is 32.6 Å². The van der Waals surface area contributed by atoms with Crippen molar-refractivity contribution in [2.75, 3.05) is 13.7 Å². The summed E-state index contributed by atoms with van der Waals surface area (Å²) in [6, 6.07) is 0. The number of hydrogen-bond acceptors (Lipinski definition) is 4. The zero-order valence-corrected chi connectivity index (χ0v) is 9.67. The van der Waals surface area contributed by atoms with Crippen molar-refractivity contribution in [1.82, 2.24) is 5.32 Å². The Morgan fingerprint density at radius 3 is 2.44 bits per heavy atom. The molecule has 0 bridgehead atoms. The first-order valence-corrected chi connectivity index (χ1v) is 5.57. The average Bonchev–Trinajstić information content (AvgIpc) is 2.91. The second-order valence-electron chi connectivity index (χ2n) is 4.71. The molecular weight excluding hydrogens is 210 g/mol. The number of nitrogens with one attached hydrogen (secondary N) is 1. The molecule has 0 radical (unpaired) electrons. The molecule has 0 aromatic heterocycles. The highest BCUT2D eigenvalue weighted by molar-refractivity contribution is 5.93. The van der Waals surface area contributed by atoms with Crippen molar-refractivity contribution in [2.24, 2.45) is 0 Å². The monoisotopic (exact) mass is 227 g/mol. The van der Waals surface area contributed by atoms with Gasteiger partial charge in [0.2, 0.25) is 0 Å². The minimum Gasteiger partial charge on any atom is -0.467 e. The first kappa shape index (κ1) is 11.4. The molecule has 1 amide bonds. The van der Waals surface area contributed by atoms with Crippen molar-refractivity contribution in [3.63, 3.8) is 0 Å². The average molecular weight is 227 g/mol. The Balaban J connectivity index is 2.00. The number of ether oxygens (including phenoxy) is 2. The van der Waals surface area contributed by atoms with E-state index in [0.717, 1.165) is 6.42 Å². The standard InChI is InChI=1S/C11H17NO4/c1-10(4-3-7-16-10)8(13)12-11(5-6-11)9(14)15-2/h3-7H2,1-2H3,(H,12,13). The van der Waals surface area contributed by atoms with Crippen LogP contribution >= 0.6 is 0 Å². The zero-order chi connectivity index (χ0) is 11.8. The molecule has 0 aromatic carbocycles. The third-order valence-corrected chi connectivity index (χ3v) is 3.38. The van der Waals surface area contributed by atoms with Crippen LogP contribution < -0.4 is 5.32 Å². The number of carbonyl (C=O) groups excluding carboxylic acids is 2. The van der Waals surface area contributed by atoms with E-state index < -0.39 is 11.1 Å². The number of esters is 1. The molecule has 16 heavy (non-hydrogen) atoms. The maximum Gasteiger partial charge on any atom is 0.331 e. The van der Waals surface area contributed by atoms with Crippen molar-refractivity contribution in [2.45, 2.75) is 43.7 Å². The van der Waals surface area contributed by atoms with Gasteiger partial charge in [0.05, 0.1) is 7.11 Å². The third-order valence-electron chi connectivity index (χ3n) is 3.38. The van der Waals surface area contributed by atoms with Crippen LogP contribution in [0.2, 0.25) is 0 Å². The zero-order valence-electron chi connectivity index (χ0n) is 9.67. The Hall–Kier alpha value is -1.10. The maximum absolute atomic E-state index is 12.0. The highest BCUT2D eigenvalue weighted by Gasteiger charge is 2.54. The molecule has 1 N–H and O–H groups in total. The fraction of sp³-hybridized carbons (Fsp3) is 0.818. The molecule has 1 aliphatic carbocycles. The SMILES string of the molecule is COC(=O)C1(NC(=O)C2(C)CCCO2)CC1. The lowest BCUT2D eigenvalue weighted by molar-refractivity contribution is -0.150. The summed E-state index contributed by atoms with van der Waals surface area (Å²) in [6.45, 7) is 2.37. The maximum atomic E-state index is 12.0. The van der Waals surface area contributed by atoms with Gasteiger partial charge in [-0.1, -0.05) is 0 Å². The summed E-state index contributed by atoms with van der Waals surface area (Å²) in [7, 11) is 1.34. The van der Waals surface area contributed by atoms with Gasteiger partial charge in [0, 0.05) is 6.61 Å². The lowest BCUT2D eigenvalue weighted by Crippen LogP contribution is -2.52. The summed E-state index contributed by atoms with van der Waals surface area (Å²) < 4.78 is 10.1. The smallest absolute Gasteiger partial charge is 0.331 e. The van der Waals surface area contributed by atoms with Crippen LogP contribution in [0.3, 0.4) is 0 Å². The summed E-state index contributed by atoms with van der Waals surface area (Å²) in [5.74, 6) is -0.560. The largest absolute Gasteiger partial charge is 0.467 e. The molecule has 5 heteroatoms. The molecule has 0 spiro atoms. The van der Waals surface area contributed by atoms with Crippen LogP contribution in [0.5, 0.6) is 0 Å². The van der Waals surface area contributed by atoms with Gasteiger partial charge in [-0.2, -0.15) is 0 Å². The van der Waals surface area contributed by atoms with Crippen LogP contribution in [0, 0.1) is 0 Å². The van der Waals surface area contributed by atoms with Crippen LogP contribution in [-0.4, -0.2) is 36.7 Å². The van der Waals surface area contributed by atoms with Crippen molar-refractivity contribution in [3.8, 4) is 0 Å². The Morgan fingerprint density at radius 2 is 2.00 bits per heavy atom. The van der Waals surface area contributed by atoms with E-state index in [1.807, 2.05) is 0 Å². The number of carbonyl (C=O) groups is 2. The highest BCUT2D eigenvalue weighted by Crippen LogP contribution is 2.38. The second kappa shape index (κ2) is 3.73. The summed E-state index contributed by atoms with van der Waals surface area (Å²) in [5.41, 5.74) is -1.55. The van der Waals surface area contributed by atoms with E-state index in [9.17, 15) is 9.59 Å². The number of rotatable bonds is 3. The number of methoxy groups -OCH3 is 1. The van der Waals surface area contributed by atoms with Gasteiger partial charge in [-0.15, -0.1) is 0 Å². The molecule has 1 atom stereocenters. The first-order chi connectivity index (χ1) is 7.52. The number of hydrogen-bond donors (Lipinski definition) is 1. The fourth-order valence-electron chi connectivity index (χ4n) is 2.01. The summed E-state index contributed by atoms with van der Waals surface area (Å²) >= 11 is 0. The quantitative estimate of drug-likeness (QED) is 0.708. The van der Waals surface area contributed by atoms with Crippen molar-refractivity contribution < 1.29 is 19.1 Å². The molecule has 1 heterocycles. The van der Waals surface area contributed by atoms with Crippen LogP contribution in [-0.2, 0) is 19.1 Å². The van der Waals surface area contributed by atoms with Crippen LogP contribution in [0.25, 0.3) is 0 Å². The number of amides is 1. The first-order valence-electron chi connectivity index (χ1n) is 5.57. The van der Waals surface area contributed by atoms with E-state index >= 15 is 0 Å². The van der Waals surface area contributed by atoms with E-state index in [2.05, 4.69) is 10.1 Å². The van der Waals surface area contributed by atoms with Crippen molar-refractivity contribution in [3.05, 3.63) is 0 Å². The normalized spacial score (nSPS) is 30.9. The Bertz CT molecular complexity index is 316. The molecular formula is C11H17NO4. The van der Waals surface area contributed by atoms with E-state index in [0.29, 0.717) is 25.9 Å². The Labute approximate surface area is 94.5 Å². The molecule has 2 rings (SSSR count). The molecule has 0 aromatic rings. The second-order valence-corrected chi connectivity index (χ2v) is 4.71. The highest BCUT2D eigenvalue weighted by atomic mass is 16.5. The topological polar surface area (TPSA) is 64.6 Å². The lowest BCUT2D eigenvalue weighted by atomic mass is 10.0. The molecule has 2 aliphatic rings. The minimum absolute atomic E-state index is 0.201. The molecule has 2 fully saturated rings. The van der Waals surface area contributed by atoms with Gasteiger partial charge in [-0.3, -0.25) is 4.79 Å². The molecule has 1 unspecified atom stereocenters. The molecule has 5 nitrogen and oxygen atoms in total. The van der Waals surface area contributed by atoms with Gasteiger partial charge < -0.3 is 14.8 Å². The third kappa shape index (κ3) is 1.80. The minimum atomic E-state index is -0.777. The summed E-state index contributed by atoms with van der Waals surface area (Å²) in [4.78, 5) is 23.5. The summed E-state index contributed by atoms with van der Waals surface area (Å²) in [5, 5.41) is 2.76. The Kier molecular flexibility index (Phi) is 2.66. The van der Waals surface area contributed by atoms with Gasteiger partial charge in [0.1, 0.15) is 11.1 Å². The van der Waals surface area contributed by atoms with Crippen LogP contribution in [0.4, 0.5) is 0 Å². The van der Waals surface area contributed by atoms with E-state index in [1.165, 1.54) is 7.11 Å². The van der Waals surface area contributed by atoms with Crippen LogP contribution in [0.1, 0.15) is 32.6 Å². The van der Waals surface area contributed by atoms with Crippen molar-refractivity contribution in [1.29, 1.82) is 0 Å². The lowest BCUT2D eigenvalue weighted by Gasteiger charge is -2.25. The van der Waals surface area contributed by atoms with E-state index in [1.54, 1.807) is 6.92 Å². The van der Waals surface area contributed by atoms with Crippen molar-refractivity contribution >= 4 is 11.9 Å². The predicted octanol–water partition coefficient (Wildman–Crippen LogP) is 0.377. The van der Waals surface area contributed by atoms with Gasteiger partial charge >= 0.3 is 5.97 Å². The fourth-order valence-corrected chi connectivity index (χ4v) is 2.01. The van der Waals surface area contributed by atoms with Gasteiger partial charge in [0.15, 0.2) is 0 Å². The predicted molar refractivity (Wildman–Crippen MR) is 55.7 cm³/mol. The van der Waals surface area contributed by atoms with Gasteiger partial charge in [0.25, 0.3) is 5.91 Å². The van der Waals surface area contributed by atoms with E-state index in [-0.39, 0.29) is 11.9 Å².